The van der Waals surface area contributed by atoms with Crippen LogP contribution in [0.4, 0.5) is 0 Å². The fraction of sp³-hybridized carbons (Fsp3) is 0.727. The Morgan fingerprint density at radius 1 is 1.56 bits per heavy atom. The van der Waals surface area contributed by atoms with E-state index in [0.717, 1.165) is 19.4 Å². The summed E-state index contributed by atoms with van der Waals surface area (Å²) in [5.41, 5.74) is 0. The minimum absolute atomic E-state index is 0.224. The van der Waals surface area contributed by atoms with Gasteiger partial charge in [0.2, 0.25) is 10.0 Å². The average Bonchev–Trinajstić information content (AvgIpc) is 2.78. The number of aryl methyl sites for hydroxylation is 1. The Hall–Kier alpha value is -0.920. The van der Waals surface area contributed by atoms with Crippen molar-refractivity contribution in [2.24, 2.45) is 7.05 Å². The molecule has 1 unspecified atom stereocenters. The van der Waals surface area contributed by atoms with Crippen LogP contribution < -0.4 is 10.0 Å². The molecule has 2 heterocycles. The van der Waals surface area contributed by atoms with E-state index in [4.69, 9.17) is 0 Å². The summed E-state index contributed by atoms with van der Waals surface area (Å²) in [5, 5.41) is 7.26. The first kappa shape index (κ1) is 13.5. The molecule has 102 valence electrons. The number of piperidine rings is 1. The SMILES string of the molecule is Cn1cc(S(=O)(=O)NCCC2CCCCN2)cn1. The zero-order valence-electron chi connectivity index (χ0n) is 10.6. The highest BCUT2D eigenvalue weighted by Gasteiger charge is 2.17. The summed E-state index contributed by atoms with van der Waals surface area (Å²) in [5.74, 6) is 0. The van der Waals surface area contributed by atoms with Crippen molar-refractivity contribution >= 4 is 10.0 Å². The van der Waals surface area contributed by atoms with Crippen LogP contribution in [0.2, 0.25) is 0 Å². The molecule has 2 N–H and O–H groups in total. The van der Waals surface area contributed by atoms with Crippen LogP contribution in [0.1, 0.15) is 25.7 Å². The topological polar surface area (TPSA) is 76.0 Å². The molecule has 1 fully saturated rings. The third kappa shape index (κ3) is 3.54. The van der Waals surface area contributed by atoms with E-state index in [2.05, 4.69) is 15.1 Å². The van der Waals surface area contributed by atoms with Crippen molar-refractivity contribution in [3.05, 3.63) is 12.4 Å². The van der Waals surface area contributed by atoms with Crippen molar-refractivity contribution in [3.8, 4) is 0 Å². The summed E-state index contributed by atoms with van der Waals surface area (Å²) < 4.78 is 27.9. The smallest absolute Gasteiger partial charge is 0.243 e. The van der Waals surface area contributed by atoms with Crippen LogP contribution in [0.25, 0.3) is 0 Å². The molecule has 1 atom stereocenters. The van der Waals surface area contributed by atoms with E-state index in [0.29, 0.717) is 12.6 Å². The second kappa shape index (κ2) is 5.81. The number of nitrogens with one attached hydrogen (secondary N) is 2. The Morgan fingerprint density at radius 2 is 2.39 bits per heavy atom. The van der Waals surface area contributed by atoms with Crippen LogP contribution >= 0.6 is 0 Å². The van der Waals surface area contributed by atoms with Gasteiger partial charge >= 0.3 is 0 Å². The van der Waals surface area contributed by atoms with Crippen LogP contribution in [0, 0.1) is 0 Å². The van der Waals surface area contributed by atoms with Gasteiger partial charge in [0, 0.05) is 25.8 Å². The number of aromatic nitrogens is 2. The van der Waals surface area contributed by atoms with Gasteiger partial charge in [-0.05, 0) is 25.8 Å². The van der Waals surface area contributed by atoms with Gasteiger partial charge in [0.25, 0.3) is 0 Å². The highest BCUT2D eigenvalue weighted by molar-refractivity contribution is 7.89. The third-order valence-electron chi connectivity index (χ3n) is 3.19. The molecule has 7 heteroatoms. The van der Waals surface area contributed by atoms with Crippen molar-refractivity contribution in [2.75, 3.05) is 13.1 Å². The van der Waals surface area contributed by atoms with E-state index < -0.39 is 10.0 Å². The molecule has 0 aliphatic carbocycles. The van der Waals surface area contributed by atoms with E-state index in [1.165, 1.54) is 29.9 Å². The first-order valence-corrected chi connectivity index (χ1v) is 7.78. The first-order chi connectivity index (χ1) is 8.58. The van der Waals surface area contributed by atoms with Crippen LogP contribution in [-0.2, 0) is 17.1 Å². The van der Waals surface area contributed by atoms with E-state index in [9.17, 15) is 8.42 Å². The van der Waals surface area contributed by atoms with E-state index >= 15 is 0 Å². The van der Waals surface area contributed by atoms with Gasteiger partial charge in [0.15, 0.2) is 0 Å². The average molecular weight is 272 g/mol. The lowest BCUT2D eigenvalue weighted by atomic mass is 10.0. The summed E-state index contributed by atoms with van der Waals surface area (Å²) in [7, 11) is -1.70. The Morgan fingerprint density at radius 3 is 3.00 bits per heavy atom. The fourth-order valence-corrected chi connectivity index (χ4v) is 3.19. The van der Waals surface area contributed by atoms with E-state index in [-0.39, 0.29) is 4.90 Å². The molecule has 0 bridgehead atoms. The highest BCUT2D eigenvalue weighted by Crippen LogP contribution is 2.10. The zero-order valence-corrected chi connectivity index (χ0v) is 11.4. The van der Waals surface area contributed by atoms with Gasteiger partial charge in [-0.1, -0.05) is 6.42 Å². The third-order valence-corrected chi connectivity index (χ3v) is 4.60. The zero-order chi connectivity index (χ0) is 13.0. The lowest BCUT2D eigenvalue weighted by molar-refractivity contribution is 0.382. The second-order valence-electron chi connectivity index (χ2n) is 4.68. The Kier molecular flexibility index (Phi) is 4.36. The Balaban J connectivity index is 1.82. The summed E-state index contributed by atoms with van der Waals surface area (Å²) in [6.07, 6.45) is 7.28. The summed E-state index contributed by atoms with van der Waals surface area (Å²) in [6.45, 7) is 1.51. The van der Waals surface area contributed by atoms with Gasteiger partial charge < -0.3 is 5.32 Å². The molecule has 0 saturated carbocycles. The molecule has 0 aromatic carbocycles. The van der Waals surface area contributed by atoms with Crippen LogP contribution in [-0.4, -0.2) is 37.3 Å². The van der Waals surface area contributed by atoms with Gasteiger partial charge in [0.1, 0.15) is 4.90 Å². The molecule has 2 rings (SSSR count). The minimum Gasteiger partial charge on any atom is -0.314 e. The van der Waals surface area contributed by atoms with Crippen molar-refractivity contribution in [2.45, 2.75) is 36.6 Å². The molecule has 1 aromatic rings. The maximum absolute atomic E-state index is 11.9. The second-order valence-corrected chi connectivity index (χ2v) is 6.45. The monoisotopic (exact) mass is 272 g/mol. The molecular weight excluding hydrogens is 252 g/mol. The van der Waals surface area contributed by atoms with Crippen LogP contribution in [0.5, 0.6) is 0 Å². The van der Waals surface area contributed by atoms with Crippen molar-refractivity contribution in [1.82, 2.24) is 19.8 Å². The van der Waals surface area contributed by atoms with E-state index in [1.807, 2.05) is 0 Å². The fourth-order valence-electron chi connectivity index (χ4n) is 2.16. The highest BCUT2D eigenvalue weighted by atomic mass is 32.2. The van der Waals surface area contributed by atoms with Gasteiger partial charge in [-0.25, -0.2) is 13.1 Å². The predicted molar refractivity (Wildman–Crippen MR) is 68.7 cm³/mol. The summed E-state index contributed by atoms with van der Waals surface area (Å²) in [6, 6.07) is 0.440. The van der Waals surface area contributed by atoms with Gasteiger partial charge in [0.05, 0.1) is 6.20 Å². The Labute approximate surface area is 108 Å². The maximum Gasteiger partial charge on any atom is 0.243 e. The van der Waals surface area contributed by atoms with Gasteiger partial charge in [-0.15, -0.1) is 0 Å². The Bertz CT molecular complexity index is 477. The van der Waals surface area contributed by atoms with Gasteiger partial charge in [-0.3, -0.25) is 4.68 Å². The molecule has 1 aliphatic rings. The molecule has 0 spiro atoms. The number of nitrogens with zero attached hydrogens (tertiary/aromatic N) is 2. The lowest BCUT2D eigenvalue weighted by Crippen LogP contribution is -2.37. The standard InChI is InChI=1S/C11H20N4O2S/c1-15-9-11(8-13-15)18(16,17)14-7-5-10-4-2-3-6-12-10/h8-10,12,14H,2-7H2,1H3. The first-order valence-electron chi connectivity index (χ1n) is 6.29. The number of hydrogen-bond donors (Lipinski definition) is 2. The predicted octanol–water partition coefficient (Wildman–Crippen LogP) is 0.231. The van der Waals surface area contributed by atoms with Crippen molar-refractivity contribution < 1.29 is 8.42 Å². The number of sulfonamides is 1. The number of hydrogen-bond acceptors (Lipinski definition) is 4. The molecule has 18 heavy (non-hydrogen) atoms. The lowest BCUT2D eigenvalue weighted by Gasteiger charge is -2.23. The minimum atomic E-state index is -3.40. The summed E-state index contributed by atoms with van der Waals surface area (Å²) >= 11 is 0. The van der Waals surface area contributed by atoms with Gasteiger partial charge in [-0.2, -0.15) is 5.10 Å². The molecule has 1 aromatic heterocycles. The molecular formula is C11H20N4O2S. The molecule has 1 saturated heterocycles. The maximum atomic E-state index is 11.9. The molecule has 1 aliphatic heterocycles. The number of rotatable bonds is 5. The van der Waals surface area contributed by atoms with Crippen molar-refractivity contribution in [3.63, 3.8) is 0 Å². The molecule has 6 nitrogen and oxygen atoms in total. The summed E-state index contributed by atoms with van der Waals surface area (Å²) in [4.78, 5) is 0.224. The normalized spacial score (nSPS) is 21.1. The quantitative estimate of drug-likeness (QED) is 0.804. The molecule has 0 radical (unpaired) electrons. The largest absolute Gasteiger partial charge is 0.314 e. The van der Waals surface area contributed by atoms with Crippen LogP contribution in [0.3, 0.4) is 0 Å². The van der Waals surface area contributed by atoms with Crippen molar-refractivity contribution in [1.29, 1.82) is 0 Å². The van der Waals surface area contributed by atoms with E-state index in [1.54, 1.807) is 7.05 Å². The molecule has 0 amide bonds. The van der Waals surface area contributed by atoms with Crippen LogP contribution in [0.15, 0.2) is 17.3 Å².